The van der Waals surface area contributed by atoms with Gasteiger partial charge in [-0.25, -0.2) is 4.98 Å². The van der Waals surface area contributed by atoms with Crippen LogP contribution in [-0.2, 0) is 11.3 Å². The van der Waals surface area contributed by atoms with E-state index in [1.165, 1.54) is 12.1 Å². The number of halogens is 1. The molecular weight excluding hydrogens is 374 g/mol. The molecule has 6 heteroatoms. The number of ether oxygens (including phenoxy) is 2. The maximum Gasteiger partial charge on any atom is 0.135 e. The predicted molar refractivity (Wildman–Crippen MR) is 112 cm³/mol. The number of fused-ring (bicyclic) bond motifs is 1. The smallest absolute Gasteiger partial charge is 0.135 e. The van der Waals surface area contributed by atoms with Crippen molar-refractivity contribution in [2.24, 2.45) is 0 Å². The molecule has 5 nitrogen and oxygen atoms in total. The summed E-state index contributed by atoms with van der Waals surface area (Å²) in [5, 5.41) is 1.61. The number of anilines is 1. The average Bonchev–Trinajstić information content (AvgIpc) is 3.15. The lowest BCUT2D eigenvalue weighted by Crippen LogP contribution is -2.33. The summed E-state index contributed by atoms with van der Waals surface area (Å²) in [6.45, 7) is 4.20. The SMILES string of the molecule is COCC1CCCN1c1cc(C)nc2cc(OCc3cccnc3Cl)ccc12. The number of hydrogen-bond acceptors (Lipinski definition) is 5. The molecule has 1 aliphatic heterocycles. The highest BCUT2D eigenvalue weighted by Gasteiger charge is 2.26. The number of nitrogens with zero attached hydrogens (tertiary/aromatic N) is 3. The maximum atomic E-state index is 6.12. The zero-order chi connectivity index (χ0) is 19.5. The van der Waals surface area contributed by atoms with Crippen LogP contribution in [0.5, 0.6) is 5.75 Å². The molecule has 1 saturated heterocycles. The van der Waals surface area contributed by atoms with Crippen LogP contribution < -0.4 is 9.64 Å². The van der Waals surface area contributed by atoms with Gasteiger partial charge >= 0.3 is 0 Å². The van der Waals surface area contributed by atoms with Gasteiger partial charge in [0.1, 0.15) is 17.5 Å². The van der Waals surface area contributed by atoms with E-state index in [-0.39, 0.29) is 0 Å². The Hall–Kier alpha value is -2.37. The van der Waals surface area contributed by atoms with E-state index < -0.39 is 0 Å². The molecule has 0 saturated carbocycles. The largest absolute Gasteiger partial charge is 0.489 e. The lowest BCUT2D eigenvalue weighted by atomic mass is 10.1. The van der Waals surface area contributed by atoms with Gasteiger partial charge in [-0.2, -0.15) is 0 Å². The minimum atomic E-state index is 0.374. The summed E-state index contributed by atoms with van der Waals surface area (Å²) >= 11 is 6.12. The second kappa shape index (κ2) is 8.33. The monoisotopic (exact) mass is 397 g/mol. The van der Waals surface area contributed by atoms with Gasteiger partial charge in [0.05, 0.1) is 18.2 Å². The normalized spacial score (nSPS) is 16.7. The molecule has 0 N–H and O–H groups in total. The Balaban J connectivity index is 1.62. The molecule has 0 amide bonds. The van der Waals surface area contributed by atoms with Crippen molar-refractivity contribution in [1.29, 1.82) is 0 Å². The van der Waals surface area contributed by atoms with Gasteiger partial charge in [0, 0.05) is 48.2 Å². The zero-order valence-electron chi connectivity index (χ0n) is 16.2. The molecule has 3 aromatic rings. The van der Waals surface area contributed by atoms with Crippen LogP contribution in [0.4, 0.5) is 5.69 Å². The minimum Gasteiger partial charge on any atom is -0.489 e. The van der Waals surface area contributed by atoms with Gasteiger partial charge in [0.25, 0.3) is 0 Å². The molecule has 1 unspecified atom stereocenters. The molecule has 3 heterocycles. The second-order valence-corrected chi connectivity index (χ2v) is 7.51. The van der Waals surface area contributed by atoms with E-state index in [1.807, 2.05) is 31.2 Å². The second-order valence-electron chi connectivity index (χ2n) is 7.15. The average molecular weight is 398 g/mol. The first-order chi connectivity index (χ1) is 13.7. The van der Waals surface area contributed by atoms with Crippen molar-refractivity contribution in [3.63, 3.8) is 0 Å². The van der Waals surface area contributed by atoms with E-state index in [4.69, 9.17) is 26.1 Å². The molecule has 0 radical (unpaired) electrons. The number of hydrogen-bond donors (Lipinski definition) is 0. The molecule has 1 fully saturated rings. The minimum absolute atomic E-state index is 0.374. The van der Waals surface area contributed by atoms with E-state index in [9.17, 15) is 0 Å². The number of pyridine rings is 2. The lowest BCUT2D eigenvalue weighted by Gasteiger charge is -2.28. The van der Waals surface area contributed by atoms with Crippen LogP contribution >= 0.6 is 11.6 Å². The first kappa shape index (κ1) is 19.0. The van der Waals surface area contributed by atoms with E-state index in [2.05, 4.69) is 22.0 Å². The standard InChI is InChI=1S/C22H24ClN3O2/c1-15-11-21(26-10-4-6-17(26)14-27-2)19-8-7-18(12-20(19)25-15)28-13-16-5-3-9-24-22(16)23/h3,5,7-9,11-12,17H,4,6,10,13-14H2,1-2H3. The zero-order valence-corrected chi connectivity index (χ0v) is 16.9. The van der Waals surface area contributed by atoms with Gasteiger partial charge in [-0.1, -0.05) is 17.7 Å². The number of aryl methyl sites for hydroxylation is 1. The molecule has 146 valence electrons. The topological polar surface area (TPSA) is 47.5 Å². The third kappa shape index (κ3) is 3.91. The third-order valence-electron chi connectivity index (χ3n) is 5.16. The summed E-state index contributed by atoms with van der Waals surface area (Å²) in [6.07, 6.45) is 4.01. The molecule has 1 aromatic carbocycles. The summed E-state index contributed by atoms with van der Waals surface area (Å²) in [4.78, 5) is 11.3. The molecular formula is C22H24ClN3O2. The van der Waals surface area contributed by atoms with Crippen LogP contribution in [0.25, 0.3) is 10.9 Å². The van der Waals surface area contributed by atoms with Crippen LogP contribution in [0, 0.1) is 6.92 Å². The highest BCUT2D eigenvalue weighted by molar-refractivity contribution is 6.30. The van der Waals surface area contributed by atoms with E-state index in [0.29, 0.717) is 17.8 Å². The van der Waals surface area contributed by atoms with Crippen LogP contribution in [-0.4, -0.2) is 36.3 Å². The first-order valence-electron chi connectivity index (χ1n) is 9.55. The van der Waals surface area contributed by atoms with Crippen molar-refractivity contribution < 1.29 is 9.47 Å². The molecule has 0 bridgehead atoms. The van der Waals surface area contributed by atoms with Gasteiger partial charge in [0.2, 0.25) is 0 Å². The fourth-order valence-corrected chi connectivity index (χ4v) is 4.03. The van der Waals surface area contributed by atoms with Crippen molar-refractivity contribution in [1.82, 2.24) is 9.97 Å². The molecule has 28 heavy (non-hydrogen) atoms. The van der Waals surface area contributed by atoms with Crippen LogP contribution in [0.15, 0.2) is 42.6 Å². The van der Waals surface area contributed by atoms with Gasteiger partial charge in [0.15, 0.2) is 0 Å². The Labute approximate surface area is 170 Å². The van der Waals surface area contributed by atoms with Crippen molar-refractivity contribution in [3.05, 3.63) is 59.0 Å². The van der Waals surface area contributed by atoms with Crippen molar-refractivity contribution in [3.8, 4) is 5.75 Å². The maximum absolute atomic E-state index is 6.12. The number of methoxy groups -OCH3 is 1. The number of aromatic nitrogens is 2. The van der Waals surface area contributed by atoms with Gasteiger partial charge in [-0.05, 0) is 44.0 Å². The number of rotatable bonds is 6. The third-order valence-corrected chi connectivity index (χ3v) is 5.50. The van der Waals surface area contributed by atoms with Crippen LogP contribution in [0.2, 0.25) is 5.15 Å². The molecule has 4 rings (SSSR count). The van der Waals surface area contributed by atoms with Crippen LogP contribution in [0.3, 0.4) is 0 Å². The van der Waals surface area contributed by atoms with Crippen molar-refractivity contribution in [2.45, 2.75) is 32.4 Å². The first-order valence-corrected chi connectivity index (χ1v) is 9.92. The Kier molecular flexibility index (Phi) is 5.64. The Morgan fingerprint density at radius 2 is 2.14 bits per heavy atom. The Bertz CT molecular complexity index is 979. The number of benzene rings is 1. The van der Waals surface area contributed by atoms with Crippen LogP contribution in [0.1, 0.15) is 24.1 Å². The van der Waals surface area contributed by atoms with Gasteiger partial charge in [-0.15, -0.1) is 0 Å². The van der Waals surface area contributed by atoms with E-state index in [0.717, 1.165) is 47.5 Å². The molecule has 0 aliphatic carbocycles. The summed E-state index contributed by atoms with van der Waals surface area (Å²) in [6, 6.07) is 12.4. The van der Waals surface area contributed by atoms with Gasteiger partial charge in [-0.3, -0.25) is 4.98 Å². The summed E-state index contributed by atoms with van der Waals surface area (Å²) < 4.78 is 11.4. The molecule has 0 spiro atoms. The fraction of sp³-hybridized carbons (Fsp3) is 0.364. The van der Waals surface area contributed by atoms with E-state index in [1.54, 1.807) is 13.3 Å². The Morgan fingerprint density at radius 1 is 1.25 bits per heavy atom. The van der Waals surface area contributed by atoms with Gasteiger partial charge < -0.3 is 14.4 Å². The van der Waals surface area contributed by atoms with E-state index >= 15 is 0 Å². The highest BCUT2D eigenvalue weighted by Crippen LogP contribution is 2.34. The summed E-state index contributed by atoms with van der Waals surface area (Å²) in [5.41, 5.74) is 4.02. The molecule has 1 aliphatic rings. The molecule has 2 aromatic heterocycles. The summed E-state index contributed by atoms with van der Waals surface area (Å²) in [7, 11) is 1.77. The quantitative estimate of drug-likeness (QED) is 0.560. The molecule has 1 atom stereocenters. The fourth-order valence-electron chi connectivity index (χ4n) is 3.85. The van der Waals surface area contributed by atoms with Crippen molar-refractivity contribution >= 4 is 28.2 Å². The Morgan fingerprint density at radius 3 is 2.96 bits per heavy atom. The predicted octanol–water partition coefficient (Wildman–Crippen LogP) is 4.79. The van der Waals surface area contributed by atoms with Crippen molar-refractivity contribution in [2.75, 3.05) is 25.2 Å². The lowest BCUT2D eigenvalue weighted by molar-refractivity contribution is 0.181. The summed E-state index contributed by atoms with van der Waals surface area (Å²) in [5.74, 6) is 0.770. The highest BCUT2D eigenvalue weighted by atomic mass is 35.5.